The molecule has 1 rings (SSSR count). The summed E-state index contributed by atoms with van der Waals surface area (Å²) < 4.78 is 15.8. The number of rotatable bonds is 6. The molecule has 5 heteroatoms. The van der Waals surface area contributed by atoms with Crippen LogP contribution in [0.4, 0.5) is 5.69 Å². The van der Waals surface area contributed by atoms with E-state index in [9.17, 15) is 0 Å². The molecule has 0 aliphatic heterocycles. The van der Waals surface area contributed by atoms with E-state index in [0.717, 1.165) is 5.75 Å². The normalized spacial score (nSPS) is 11.6. The number of benzene rings is 1. The molecule has 0 aliphatic rings. The standard InChI is InChI=1S/C11H17NO3.ClH/c1-3-14-11(13-2)8-15-10-6-4-5-9(12)7-10;/h4-7,11H,3,8,12H2,1-2H3;1H. The first-order valence-corrected chi connectivity index (χ1v) is 4.89. The van der Waals surface area contributed by atoms with Crippen molar-refractivity contribution in [1.29, 1.82) is 0 Å². The Labute approximate surface area is 102 Å². The van der Waals surface area contributed by atoms with Crippen LogP contribution in [0.15, 0.2) is 24.3 Å². The number of hydrogen-bond acceptors (Lipinski definition) is 4. The first kappa shape index (κ1) is 15.0. The highest BCUT2D eigenvalue weighted by atomic mass is 35.5. The molecule has 0 aromatic heterocycles. The molecule has 0 saturated heterocycles. The van der Waals surface area contributed by atoms with Crippen molar-refractivity contribution in [1.82, 2.24) is 0 Å². The van der Waals surface area contributed by atoms with Gasteiger partial charge in [-0.05, 0) is 19.1 Å². The van der Waals surface area contributed by atoms with Gasteiger partial charge in [-0.2, -0.15) is 0 Å². The average molecular weight is 248 g/mol. The number of ether oxygens (including phenoxy) is 3. The second-order valence-corrected chi connectivity index (χ2v) is 3.00. The monoisotopic (exact) mass is 247 g/mol. The molecule has 16 heavy (non-hydrogen) atoms. The molecule has 0 fully saturated rings. The molecule has 0 aliphatic carbocycles. The SMILES string of the molecule is CCOC(COc1cccc(N)c1)OC.Cl. The van der Waals surface area contributed by atoms with Crippen molar-refractivity contribution in [3.05, 3.63) is 24.3 Å². The van der Waals surface area contributed by atoms with Gasteiger partial charge < -0.3 is 19.9 Å². The third kappa shape index (κ3) is 5.21. The number of nitrogens with two attached hydrogens (primary N) is 1. The summed E-state index contributed by atoms with van der Waals surface area (Å²) in [6.07, 6.45) is -0.337. The Morgan fingerprint density at radius 1 is 1.38 bits per heavy atom. The van der Waals surface area contributed by atoms with Crippen molar-refractivity contribution < 1.29 is 14.2 Å². The average Bonchev–Trinajstić information content (AvgIpc) is 2.24. The largest absolute Gasteiger partial charge is 0.488 e. The van der Waals surface area contributed by atoms with Crippen LogP contribution in [-0.4, -0.2) is 26.6 Å². The van der Waals surface area contributed by atoms with E-state index in [2.05, 4.69) is 0 Å². The Morgan fingerprint density at radius 2 is 2.12 bits per heavy atom. The van der Waals surface area contributed by atoms with Crippen LogP contribution in [0.3, 0.4) is 0 Å². The third-order valence-electron chi connectivity index (χ3n) is 1.86. The second kappa shape index (κ2) is 8.21. The second-order valence-electron chi connectivity index (χ2n) is 3.00. The van der Waals surface area contributed by atoms with E-state index in [0.29, 0.717) is 18.9 Å². The molecule has 2 N–H and O–H groups in total. The van der Waals surface area contributed by atoms with Crippen LogP contribution in [0, 0.1) is 0 Å². The fourth-order valence-electron chi connectivity index (χ4n) is 1.14. The lowest BCUT2D eigenvalue weighted by molar-refractivity contribution is -0.137. The van der Waals surface area contributed by atoms with Gasteiger partial charge in [0, 0.05) is 25.5 Å². The van der Waals surface area contributed by atoms with Crippen LogP contribution in [0.1, 0.15) is 6.92 Å². The molecule has 0 amide bonds. The molecule has 1 unspecified atom stereocenters. The van der Waals surface area contributed by atoms with E-state index >= 15 is 0 Å². The first-order valence-electron chi connectivity index (χ1n) is 4.89. The number of anilines is 1. The van der Waals surface area contributed by atoms with Crippen molar-refractivity contribution in [2.45, 2.75) is 13.2 Å². The zero-order valence-electron chi connectivity index (χ0n) is 9.51. The fraction of sp³-hybridized carbons (Fsp3) is 0.455. The van der Waals surface area contributed by atoms with Crippen molar-refractivity contribution in [3.63, 3.8) is 0 Å². The highest BCUT2D eigenvalue weighted by molar-refractivity contribution is 5.85. The van der Waals surface area contributed by atoms with Crippen LogP contribution in [-0.2, 0) is 9.47 Å². The summed E-state index contributed by atoms with van der Waals surface area (Å²) in [5.74, 6) is 0.719. The lowest BCUT2D eigenvalue weighted by Gasteiger charge is -2.15. The van der Waals surface area contributed by atoms with Crippen molar-refractivity contribution in [3.8, 4) is 5.75 Å². The summed E-state index contributed by atoms with van der Waals surface area (Å²) in [4.78, 5) is 0. The topological polar surface area (TPSA) is 53.7 Å². The van der Waals surface area contributed by atoms with Gasteiger partial charge in [0.25, 0.3) is 0 Å². The van der Waals surface area contributed by atoms with E-state index < -0.39 is 0 Å². The maximum atomic E-state index is 5.61. The van der Waals surface area contributed by atoms with Gasteiger partial charge in [-0.25, -0.2) is 0 Å². The summed E-state index contributed by atoms with van der Waals surface area (Å²) >= 11 is 0. The Hall–Kier alpha value is -0.970. The van der Waals surface area contributed by atoms with E-state index in [-0.39, 0.29) is 18.7 Å². The third-order valence-corrected chi connectivity index (χ3v) is 1.86. The smallest absolute Gasteiger partial charge is 0.191 e. The minimum absolute atomic E-state index is 0. The van der Waals surface area contributed by atoms with Crippen molar-refractivity contribution in [2.75, 3.05) is 26.1 Å². The van der Waals surface area contributed by atoms with Gasteiger partial charge in [-0.3, -0.25) is 0 Å². The molecule has 4 nitrogen and oxygen atoms in total. The Bertz CT molecular complexity index is 296. The predicted octanol–water partition coefficient (Wildman–Crippen LogP) is 2.08. The van der Waals surface area contributed by atoms with Gasteiger partial charge in [0.1, 0.15) is 12.4 Å². The van der Waals surface area contributed by atoms with Gasteiger partial charge in [0.15, 0.2) is 6.29 Å². The molecular formula is C11H18ClNO3. The van der Waals surface area contributed by atoms with Gasteiger partial charge >= 0.3 is 0 Å². The lowest BCUT2D eigenvalue weighted by atomic mass is 10.3. The molecule has 0 spiro atoms. The summed E-state index contributed by atoms with van der Waals surface area (Å²) in [5, 5.41) is 0. The maximum Gasteiger partial charge on any atom is 0.191 e. The highest BCUT2D eigenvalue weighted by Crippen LogP contribution is 2.14. The Kier molecular flexibility index (Phi) is 7.72. The van der Waals surface area contributed by atoms with Gasteiger partial charge in [-0.1, -0.05) is 6.07 Å². The Morgan fingerprint density at radius 3 is 2.69 bits per heavy atom. The van der Waals surface area contributed by atoms with E-state index in [1.54, 1.807) is 13.2 Å². The lowest BCUT2D eigenvalue weighted by Crippen LogP contribution is -2.23. The minimum atomic E-state index is -0.337. The molecule has 1 atom stereocenters. The van der Waals surface area contributed by atoms with E-state index in [1.165, 1.54) is 0 Å². The zero-order valence-corrected chi connectivity index (χ0v) is 10.3. The van der Waals surface area contributed by atoms with Gasteiger partial charge in [-0.15, -0.1) is 12.4 Å². The predicted molar refractivity (Wildman–Crippen MR) is 66.0 cm³/mol. The quantitative estimate of drug-likeness (QED) is 0.618. The van der Waals surface area contributed by atoms with Crippen molar-refractivity contribution >= 4 is 18.1 Å². The van der Waals surface area contributed by atoms with E-state index in [4.69, 9.17) is 19.9 Å². The molecular weight excluding hydrogens is 230 g/mol. The highest BCUT2D eigenvalue weighted by Gasteiger charge is 2.07. The number of halogens is 1. The molecule has 0 radical (unpaired) electrons. The maximum absolute atomic E-state index is 5.61. The summed E-state index contributed by atoms with van der Waals surface area (Å²) in [5.41, 5.74) is 6.29. The van der Waals surface area contributed by atoms with Crippen LogP contribution < -0.4 is 10.5 Å². The van der Waals surface area contributed by atoms with Crippen molar-refractivity contribution in [2.24, 2.45) is 0 Å². The van der Waals surface area contributed by atoms with Crippen LogP contribution in [0.25, 0.3) is 0 Å². The van der Waals surface area contributed by atoms with Gasteiger partial charge in [0.05, 0.1) is 0 Å². The molecule has 0 saturated carbocycles. The number of nitrogen functional groups attached to an aromatic ring is 1. The molecule has 1 aromatic rings. The van der Waals surface area contributed by atoms with Gasteiger partial charge in [0.2, 0.25) is 0 Å². The fourth-order valence-corrected chi connectivity index (χ4v) is 1.14. The number of hydrogen-bond donors (Lipinski definition) is 1. The number of methoxy groups -OCH3 is 1. The summed E-state index contributed by atoms with van der Waals surface area (Å²) in [6.45, 7) is 2.86. The first-order chi connectivity index (χ1) is 7.26. The van der Waals surface area contributed by atoms with Crippen LogP contribution in [0.5, 0.6) is 5.75 Å². The molecule has 0 bridgehead atoms. The summed E-state index contributed by atoms with van der Waals surface area (Å²) in [7, 11) is 1.59. The Balaban J connectivity index is 0.00000225. The summed E-state index contributed by atoms with van der Waals surface area (Å²) in [6, 6.07) is 7.25. The molecule has 1 aromatic carbocycles. The minimum Gasteiger partial charge on any atom is -0.488 e. The van der Waals surface area contributed by atoms with Crippen LogP contribution in [0.2, 0.25) is 0 Å². The van der Waals surface area contributed by atoms with Crippen LogP contribution >= 0.6 is 12.4 Å². The van der Waals surface area contributed by atoms with E-state index in [1.807, 2.05) is 25.1 Å². The zero-order chi connectivity index (χ0) is 11.1. The molecule has 92 valence electrons. The molecule has 0 heterocycles.